The van der Waals surface area contributed by atoms with E-state index in [2.05, 4.69) is 0 Å². The normalized spacial score (nSPS) is 27.6. The van der Waals surface area contributed by atoms with Crippen molar-refractivity contribution in [3.8, 4) is 5.75 Å². The van der Waals surface area contributed by atoms with Gasteiger partial charge in [-0.05, 0) is 18.6 Å². The minimum absolute atomic E-state index is 0.380. The quantitative estimate of drug-likeness (QED) is 0.856. The van der Waals surface area contributed by atoms with E-state index >= 15 is 0 Å². The largest absolute Gasteiger partial charge is 0.496 e. The molecular weight excluding hydrogens is 211 g/mol. The summed E-state index contributed by atoms with van der Waals surface area (Å²) >= 11 is 0. The van der Waals surface area contributed by atoms with Crippen LogP contribution in [-0.4, -0.2) is 18.2 Å². The summed E-state index contributed by atoms with van der Waals surface area (Å²) in [6.45, 7) is 1.76. The molecule has 1 saturated carbocycles. The third kappa shape index (κ3) is 1.45. The third-order valence-corrected chi connectivity index (χ3v) is 3.30. The van der Waals surface area contributed by atoms with E-state index in [1.165, 1.54) is 13.2 Å². The zero-order valence-corrected chi connectivity index (χ0v) is 9.16. The Morgan fingerprint density at radius 1 is 1.62 bits per heavy atom. The number of rotatable bonds is 3. The van der Waals surface area contributed by atoms with Crippen molar-refractivity contribution in [1.82, 2.24) is 0 Å². The highest BCUT2D eigenvalue weighted by atomic mass is 19.1. The van der Waals surface area contributed by atoms with Crippen LogP contribution in [0.4, 0.5) is 4.39 Å². The van der Waals surface area contributed by atoms with Crippen molar-refractivity contribution in [3.63, 3.8) is 0 Å². The Morgan fingerprint density at radius 2 is 2.31 bits per heavy atom. The first-order chi connectivity index (χ1) is 7.50. The highest BCUT2D eigenvalue weighted by Crippen LogP contribution is 2.57. The predicted molar refractivity (Wildman–Crippen MR) is 56.0 cm³/mol. The molecule has 2 atom stereocenters. The molecule has 1 aromatic carbocycles. The number of carbonyl (C=O) groups is 1. The number of carboxylic acids is 1. The maximum Gasteiger partial charge on any atom is 0.307 e. The Hall–Kier alpha value is -1.58. The lowest BCUT2D eigenvalue weighted by atomic mass is 9.94. The van der Waals surface area contributed by atoms with Gasteiger partial charge in [0.05, 0.1) is 13.0 Å². The molecule has 1 aliphatic rings. The first kappa shape index (κ1) is 10.9. The molecule has 0 radical (unpaired) electrons. The first-order valence-corrected chi connectivity index (χ1v) is 5.06. The molecule has 3 nitrogen and oxygen atoms in total. The molecule has 0 saturated heterocycles. The van der Waals surface area contributed by atoms with Gasteiger partial charge in [0.25, 0.3) is 0 Å². The summed E-state index contributed by atoms with van der Waals surface area (Å²) in [5.74, 6) is -1.37. The molecule has 0 aromatic heterocycles. The van der Waals surface area contributed by atoms with Crippen LogP contribution in [-0.2, 0) is 10.2 Å². The minimum atomic E-state index is -0.882. The second kappa shape index (κ2) is 3.47. The van der Waals surface area contributed by atoms with Crippen LogP contribution in [0.5, 0.6) is 5.75 Å². The van der Waals surface area contributed by atoms with Crippen LogP contribution >= 0.6 is 0 Å². The predicted octanol–water partition coefficient (Wildman–Crippen LogP) is 2.20. The van der Waals surface area contributed by atoms with Crippen molar-refractivity contribution >= 4 is 5.97 Å². The lowest BCUT2D eigenvalue weighted by Crippen LogP contribution is -2.14. The summed E-state index contributed by atoms with van der Waals surface area (Å²) in [6.07, 6.45) is 0.458. The van der Waals surface area contributed by atoms with Crippen molar-refractivity contribution < 1.29 is 19.0 Å². The lowest BCUT2D eigenvalue weighted by molar-refractivity contribution is -0.138. The molecule has 2 rings (SSSR count). The highest BCUT2D eigenvalue weighted by Gasteiger charge is 2.58. The van der Waals surface area contributed by atoms with E-state index in [1.807, 2.05) is 0 Å². The van der Waals surface area contributed by atoms with E-state index in [-0.39, 0.29) is 0 Å². The zero-order valence-electron chi connectivity index (χ0n) is 9.16. The van der Waals surface area contributed by atoms with Crippen molar-refractivity contribution in [1.29, 1.82) is 0 Å². The van der Waals surface area contributed by atoms with Crippen molar-refractivity contribution in [2.75, 3.05) is 7.11 Å². The summed E-state index contributed by atoms with van der Waals surface area (Å²) in [5, 5.41) is 8.94. The van der Waals surface area contributed by atoms with E-state index in [0.29, 0.717) is 17.7 Å². The second-order valence-corrected chi connectivity index (χ2v) is 4.33. The number of ether oxygens (including phenoxy) is 1. The average Bonchev–Trinajstić information content (AvgIpc) is 2.91. The SMILES string of the molecule is COc1cccc(F)c1C1(C)CC1C(=O)O. The van der Waals surface area contributed by atoms with Crippen molar-refractivity contribution in [2.24, 2.45) is 5.92 Å². The van der Waals surface area contributed by atoms with Gasteiger partial charge in [-0.15, -0.1) is 0 Å². The van der Waals surface area contributed by atoms with Gasteiger partial charge in [0.2, 0.25) is 0 Å². The number of methoxy groups -OCH3 is 1. The number of halogens is 1. The van der Waals surface area contributed by atoms with Gasteiger partial charge >= 0.3 is 5.97 Å². The van der Waals surface area contributed by atoms with Crippen LogP contribution in [0.1, 0.15) is 18.9 Å². The van der Waals surface area contributed by atoms with E-state index in [9.17, 15) is 9.18 Å². The standard InChI is InChI=1S/C12H13FO3/c1-12(6-7(12)11(14)15)10-8(13)4-3-5-9(10)16-2/h3-5,7H,6H2,1-2H3,(H,14,15). The Morgan fingerprint density at radius 3 is 2.81 bits per heavy atom. The van der Waals surface area contributed by atoms with E-state index < -0.39 is 23.1 Å². The van der Waals surface area contributed by atoms with Crippen LogP contribution in [0.2, 0.25) is 0 Å². The van der Waals surface area contributed by atoms with Crippen LogP contribution < -0.4 is 4.74 Å². The van der Waals surface area contributed by atoms with Gasteiger partial charge in [-0.2, -0.15) is 0 Å². The molecule has 0 aliphatic heterocycles. The number of carboxylic acid groups (broad SMARTS) is 1. The van der Waals surface area contributed by atoms with Gasteiger partial charge in [0, 0.05) is 11.0 Å². The van der Waals surface area contributed by atoms with E-state index in [0.717, 1.165) is 0 Å². The molecule has 16 heavy (non-hydrogen) atoms. The molecule has 1 fully saturated rings. The molecule has 86 valence electrons. The summed E-state index contributed by atoms with van der Waals surface area (Å²) in [4.78, 5) is 10.9. The molecule has 0 amide bonds. The lowest BCUT2D eigenvalue weighted by Gasteiger charge is -2.15. The molecule has 4 heteroatoms. The topological polar surface area (TPSA) is 46.5 Å². The number of benzene rings is 1. The van der Waals surface area contributed by atoms with Gasteiger partial charge < -0.3 is 9.84 Å². The molecule has 1 aromatic rings. The van der Waals surface area contributed by atoms with Crippen LogP contribution in [0, 0.1) is 11.7 Å². The molecule has 2 unspecified atom stereocenters. The third-order valence-electron chi connectivity index (χ3n) is 3.30. The van der Waals surface area contributed by atoms with Gasteiger partial charge in [-0.25, -0.2) is 4.39 Å². The molecule has 0 spiro atoms. The smallest absolute Gasteiger partial charge is 0.307 e. The van der Waals surface area contributed by atoms with Gasteiger partial charge in [0.1, 0.15) is 11.6 Å². The van der Waals surface area contributed by atoms with E-state index in [4.69, 9.17) is 9.84 Å². The van der Waals surface area contributed by atoms with Gasteiger partial charge in [-0.1, -0.05) is 13.0 Å². The Labute approximate surface area is 92.9 Å². The highest BCUT2D eigenvalue weighted by molar-refractivity contribution is 5.77. The maximum absolute atomic E-state index is 13.7. The Balaban J connectivity index is 2.46. The molecular formula is C12H13FO3. The van der Waals surface area contributed by atoms with Crippen LogP contribution in [0.3, 0.4) is 0 Å². The fourth-order valence-corrected chi connectivity index (χ4v) is 2.23. The molecule has 1 aliphatic carbocycles. The fourth-order valence-electron chi connectivity index (χ4n) is 2.23. The second-order valence-electron chi connectivity index (χ2n) is 4.33. The molecule has 1 N–H and O–H groups in total. The Bertz CT molecular complexity index is 444. The fraction of sp³-hybridized carbons (Fsp3) is 0.417. The number of aliphatic carboxylic acids is 1. The number of hydrogen-bond donors (Lipinski definition) is 1. The maximum atomic E-state index is 13.7. The van der Waals surface area contributed by atoms with Crippen molar-refractivity contribution in [2.45, 2.75) is 18.8 Å². The summed E-state index contributed by atoms with van der Waals surface area (Å²) in [7, 11) is 1.46. The summed E-state index contributed by atoms with van der Waals surface area (Å²) in [5.41, 5.74) is -0.257. The van der Waals surface area contributed by atoms with Crippen LogP contribution in [0.15, 0.2) is 18.2 Å². The Kier molecular flexibility index (Phi) is 2.37. The zero-order chi connectivity index (χ0) is 11.9. The van der Waals surface area contributed by atoms with Gasteiger partial charge in [-0.3, -0.25) is 4.79 Å². The summed E-state index contributed by atoms with van der Waals surface area (Å²) < 4.78 is 18.8. The minimum Gasteiger partial charge on any atom is -0.496 e. The average molecular weight is 224 g/mol. The number of hydrogen-bond acceptors (Lipinski definition) is 2. The summed E-state index contributed by atoms with van der Waals surface area (Å²) in [6, 6.07) is 4.54. The molecule has 0 bridgehead atoms. The van der Waals surface area contributed by atoms with E-state index in [1.54, 1.807) is 19.1 Å². The van der Waals surface area contributed by atoms with Crippen molar-refractivity contribution in [3.05, 3.63) is 29.6 Å². The molecule has 0 heterocycles. The first-order valence-electron chi connectivity index (χ1n) is 5.06. The van der Waals surface area contributed by atoms with Gasteiger partial charge in [0.15, 0.2) is 0 Å². The monoisotopic (exact) mass is 224 g/mol. The van der Waals surface area contributed by atoms with Crippen LogP contribution in [0.25, 0.3) is 0 Å².